The molecule has 0 aliphatic heterocycles. The van der Waals surface area contributed by atoms with E-state index in [1.165, 1.54) is 0 Å². The van der Waals surface area contributed by atoms with Gasteiger partial charge in [0.1, 0.15) is 0 Å². The van der Waals surface area contributed by atoms with Gasteiger partial charge < -0.3 is 20.4 Å². The van der Waals surface area contributed by atoms with Crippen LogP contribution in [0.5, 0.6) is 0 Å². The predicted octanol–water partition coefficient (Wildman–Crippen LogP) is -3.47. The van der Waals surface area contributed by atoms with Crippen molar-refractivity contribution in [2.24, 2.45) is 0 Å². The Morgan fingerprint density at radius 2 is 1.10 bits per heavy atom. The van der Waals surface area contributed by atoms with Gasteiger partial charge in [-0.15, -0.1) is 0 Å². The minimum atomic E-state index is -4.67. The molecule has 0 spiro atoms. The molecule has 0 aromatic carbocycles. The standard InChI is InChI=1S/C6H8O7.Ca.Na.H2O4S.3H/c7-3(8)1-6(13,5(11)12)2-4(9)10;;;1-5(2,3)4;;;/h13H,1-2H2,(H,7,8)(H,9,10)(H,11,12);;;(H2,1,2,3,4);;;. The molecule has 0 fully saturated rings. The van der Waals surface area contributed by atoms with Gasteiger partial charge in [0.05, 0.1) is 12.8 Å². The van der Waals surface area contributed by atoms with E-state index in [-0.39, 0.29) is 67.3 Å². The van der Waals surface area contributed by atoms with Gasteiger partial charge in [-0.1, -0.05) is 0 Å². The van der Waals surface area contributed by atoms with Crippen molar-refractivity contribution < 1.29 is 52.3 Å². The van der Waals surface area contributed by atoms with Crippen molar-refractivity contribution in [3.05, 3.63) is 0 Å². The second-order valence-corrected chi connectivity index (χ2v) is 3.82. The molecule has 0 amide bonds. The van der Waals surface area contributed by atoms with Gasteiger partial charge in [0, 0.05) is 0 Å². The van der Waals surface area contributed by atoms with Crippen molar-refractivity contribution in [1.82, 2.24) is 0 Å². The molecule has 0 aliphatic rings. The average molecular weight is 356 g/mol. The Labute approximate surface area is 164 Å². The van der Waals surface area contributed by atoms with Gasteiger partial charge in [0.25, 0.3) is 0 Å². The molecule has 0 rings (SSSR count). The van der Waals surface area contributed by atoms with E-state index < -0.39 is 46.7 Å². The van der Waals surface area contributed by atoms with Gasteiger partial charge in [-0.2, -0.15) is 8.42 Å². The average Bonchev–Trinajstić information content (AvgIpc) is 1.95. The van der Waals surface area contributed by atoms with Crippen molar-refractivity contribution >= 4 is 95.6 Å². The number of carboxylic acid groups (broad SMARTS) is 3. The van der Waals surface area contributed by atoms with Gasteiger partial charge in [0.15, 0.2) is 5.60 Å². The van der Waals surface area contributed by atoms with Crippen LogP contribution < -0.4 is 0 Å². The summed E-state index contributed by atoms with van der Waals surface area (Å²) in [4.78, 5) is 30.5. The van der Waals surface area contributed by atoms with Gasteiger partial charge in [-0.05, 0) is 0 Å². The Bertz CT molecular complexity index is 408. The summed E-state index contributed by atoms with van der Waals surface area (Å²) in [5.41, 5.74) is -2.74. The van der Waals surface area contributed by atoms with Gasteiger partial charge in [-0.25, -0.2) is 4.79 Å². The topological polar surface area (TPSA) is 207 Å². The normalized spacial score (nSPS) is 9.95. The van der Waals surface area contributed by atoms with E-state index in [0.717, 1.165) is 0 Å². The van der Waals surface area contributed by atoms with Crippen LogP contribution >= 0.6 is 0 Å². The van der Waals surface area contributed by atoms with Crippen molar-refractivity contribution in [2.45, 2.75) is 18.4 Å². The Kier molecular flexibility index (Phi) is 17.3. The Morgan fingerprint density at radius 1 is 0.900 bits per heavy atom. The molecule has 6 N–H and O–H groups in total. The van der Waals surface area contributed by atoms with E-state index in [4.69, 9.17) is 37.9 Å². The van der Waals surface area contributed by atoms with Crippen LogP contribution in [-0.2, 0) is 24.8 Å². The molecule has 0 unspecified atom stereocenters. The third-order valence-electron chi connectivity index (χ3n) is 1.29. The third kappa shape index (κ3) is 20.8. The third-order valence-corrected chi connectivity index (χ3v) is 1.29. The molecular weight excluding hydrogens is 343 g/mol. The maximum absolute atomic E-state index is 10.3. The van der Waals surface area contributed by atoms with Crippen molar-refractivity contribution in [2.75, 3.05) is 0 Å². The van der Waals surface area contributed by atoms with Crippen LogP contribution in [0.2, 0.25) is 0 Å². The molecule has 0 saturated heterocycles. The molecule has 20 heavy (non-hydrogen) atoms. The molecule has 11 nitrogen and oxygen atoms in total. The quantitative estimate of drug-likeness (QED) is 0.211. The van der Waals surface area contributed by atoms with Crippen molar-refractivity contribution in [3.8, 4) is 0 Å². The first-order chi connectivity index (χ1) is 7.78. The molecule has 112 valence electrons. The van der Waals surface area contributed by atoms with Crippen molar-refractivity contribution in [3.63, 3.8) is 0 Å². The van der Waals surface area contributed by atoms with Crippen LogP contribution in [0.15, 0.2) is 0 Å². The molecule has 0 aromatic heterocycles. The van der Waals surface area contributed by atoms with Crippen LogP contribution in [-0.4, -0.2) is 129 Å². The summed E-state index contributed by atoms with van der Waals surface area (Å²) in [5, 5.41) is 33.8. The molecule has 0 atom stereocenters. The zero-order chi connectivity index (χ0) is 15.1. The zero-order valence-corrected chi connectivity index (χ0v) is 9.36. The molecule has 0 aromatic rings. The van der Waals surface area contributed by atoms with Crippen LogP contribution in [0.4, 0.5) is 0 Å². The molecular formula is C6H13CaNaO11S. The summed E-state index contributed by atoms with van der Waals surface area (Å²) < 4.78 is 31.6. The zero-order valence-electron chi connectivity index (χ0n) is 8.55. The maximum atomic E-state index is 10.3. The number of carboxylic acids is 3. The molecule has 0 saturated carbocycles. The van der Waals surface area contributed by atoms with E-state index >= 15 is 0 Å². The molecule has 0 radical (unpaired) electrons. The van der Waals surface area contributed by atoms with E-state index in [1.54, 1.807) is 0 Å². The first kappa shape index (κ1) is 28.6. The fourth-order valence-electron chi connectivity index (χ4n) is 0.714. The van der Waals surface area contributed by atoms with Crippen LogP contribution in [0.3, 0.4) is 0 Å². The summed E-state index contributed by atoms with van der Waals surface area (Å²) in [6.45, 7) is 0. The number of rotatable bonds is 5. The second-order valence-electron chi connectivity index (χ2n) is 2.93. The fraction of sp³-hybridized carbons (Fsp3) is 0.500. The summed E-state index contributed by atoms with van der Waals surface area (Å²) in [7, 11) is -4.67. The van der Waals surface area contributed by atoms with E-state index in [9.17, 15) is 14.4 Å². The van der Waals surface area contributed by atoms with E-state index in [0.29, 0.717) is 0 Å². The number of hydrogen-bond acceptors (Lipinski definition) is 6. The number of aliphatic hydroxyl groups is 1. The molecule has 0 aliphatic carbocycles. The Balaban J connectivity index is -0.000000158. The number of aliphatic carboxylic acids is 3. The molecule has 14 heteroatoms. The van der Waals surface area contributed by atoms with Crippen molar-refractivity contribution in [1.29, 1.82) is 0 Å². The summed E-state index contributed by atoms with van der Waals surface area (Å²) in [5.74, 6) is -5.02. The number of carbonyl (C=O) groups is 3. The second kappa shape index (κ2) is 12.1. The van der Waals surface area contributed by atoms with Crippen LogP contribution in [0.25, 0.3) is 0 Å². The number of hydrogen-bond donors (Lipinski definition) is 6. The SMILES string of the molecule is O=C(O)CC(O)(CC(=O)O)C(=O)O.O=S(=O)(O)O.[CaH2].[NaH]. The summed E-state index contributed by atoms with van der Waals surface area (Å²) in [6, 6.07) is 0. The van der Waals surface area contributed by atoms with Gasteiger partial charge >= 0.3 is 95.6 Å². The molecule has 0 bridgehead atoms. The van der Waals surface area contributed by atoms with E-state index in [2.05, 4.69) is 0 Å². The summed E-state index contributed by atoms with van der Waals surface area (Å²) in [6.07, 6.45) is -2.29. The first-order valence-electron chi connectivity index (χ1n) is 3.87. The van der Waals surface area contributed by atoms with Gasteiger partial charge in [0.2, 0.25) is 0 Å². The Morgan fingerprint density at radius 3 is 1.20 bits per heavy atom. The Hall–Kier alpha value is 0.500. The first-order valence-corrected chi connectivity index (χ1v) is 5.27. The van der Waals surface area contributed by atoms with Crippen LogP contribution in [0.1, 0.15) is 12.8 Å². The minimum absolute atomic E-state index is 0. The summed E-state index contributed by atoms with van der Waals surface area (Å²) >= 11 is 0. The van der Waals surface area contributed by atoms with Crippen LogP contribution in [0, 0.1) is 0 Å². The molecule has 0 heterocycles. The predicted molar refractivity (Wildman–Crippen MR) is 67.0 cm³/mol. The fourth-order valence-corrected chi connectivity index (χ4v) is 0.714. The monoisotopic (exact) mass is 356 g/mol. The van der Waals surface area contributed by atoms with Gasteiger partial charge in [-0.3, -0.25) is 18.7 Å². The van der Waals surface area contributed by atoms with E-state index in [1.807, 2.05) is 0 Å².